The van der Waals surface area contributed by atoms with Gasteiger partial charge in [0.1, 0.15) is 0 Å². The van der Waals surface area contributed by atoms with Crippen LogP contribution >= 0.6 is 0 Å². The molecule has 1 radical (unpaired) electrons. The number of nitrogens with zero attached hydrogens (tertiary/aromatic N) is 1. The molecule has 1 heterocycles. The molecule has 1 rings (SSSR count). The van der Waals surface area contributed by atoms with Gasteiger partial charge in [-0.15, -0.1) is 0 Å². The summed E-state index contributed by atoms with van der Waals surface area (Å²) in [6.45, 7) is 6.63. The molecular weight excluding hydrogens is 154 g/mol. The van der Waals surface area contributed by atoms with Gasteiger partial charge in [-0.2, -0.15) is 0 Å². The van der Waals surface area contributed by atoms with E-state index >= 15 is 0 Å². The lowest BCUT2D eigenvalue weighted by Crippen LogP contribution is -2.49. The quantitative estimate of drug-likeness (QED) is 0.621. The Balaban J connectivity index is 2.39. The second-order valence-corrected chi connectivity index (χ2v) is 3.37. The number of ether oxygens (including phenoxy) is 1. The molecule has 0 saturated carbocycles. The first-order chi connectivity index (χ1) is 5.75. The van der Waals surface area contributed by atoms with Crippen LogP contribution in [0.25, 0.3) is 0 Å². The molecule has 1 fully saturated rings. The molecule has 0 aliphatic carbocycles. The summed E-state index contributed by atoms with van der Waals surface area (Å²) in [5.41, 5.74) is 0. The van der Waals surface area contributed by atoms with Crippen molar-refractivity contribution in [3.8, 4) is 0 Å². The second-order valence-electron chi connectivity index (χ2n) is 3.37. The van der Waals surface area contributed by atoms with E-state index in [2.05, 4.69) is 18.7 Å². The van der Waals surface area contributed by atoms with E-state index in [0.29, 0.717) is 18.5 Å². The van der Waals surface area contributed by atoms with Gasteiger partial charge in [-0.25, -0.2) is 0 Å². The molecule has 1 aliphatic rings. The van der Waals surface area contributed by atoms with Gasteiger partial charge in [0, 0.05) is 25.0 Å². The fourth-order valence-corrected chi connectivity index (χ4v) is 1.65. The molecule has 0 aromatic heterocycles. The Morgan fingerprint density at radius 1 is 1.42 bits per heavy atom. The smallest absolute Gasteiger partial charge is 0.199 e. The number of rotatable bonds is 3. The molecule has 12 heavy (non-hydrogen) atoms. The third kappa shape index (κ3) is 2.29. The zero-order valence-corrected chi connectivity index (χ0v) is 7.75. The standard InChI is InChI=1S/C9H16NO2/c1-8-6-12-7-9(2)10(8)4-3-5-11/h8-9H,3-4,6-7H2,1-2H3. The van der Waals surface area contributed by atoms with E-state index in [4.69, 9.17) is 4.74 Å². The summed E-state index contributed by atoms with van der Waals surface area (Å²) < 4.78 is 5.36. The van der Waals surface area contributed by atoms with E-state index in [9.17, 15) is 4.79 Å². The van der Waals surface area contributed by atoms with Crippen LogP contribution in [0.1, 0.15) is 20.3 Å². The van der Waals surface area contributed by atoms with Crippen LogP contribution in [-0.4, -0.2) is 43.0 Å². The molecule has 3 heteroatoms. The Bertz CT molecular complexity index is 139. The monoisotopic (exact) mass is 170 g/mol. The highest BCUT2D eigenvalue weighted by Gasteiger charge is 2.24. The maximum Gasteiger partial charge on any atom is 0.199 e. The second kappa shape index (κ2) is 4.58. The van der Waals surface area contributed by atoms with Crippen LogP contribution in [0.5, 0.6) is 0 Å². The Morgan fingerprint density at radius 3 is 2.50 bits per heavy atom. The van der Waals surface area contributed by atoms with Gasteiger partial charge in [0.2, 0.25) is 0 Å². The third-order valence-electron chi connectivity index (χ3n) is 2.32. The van der Waals surface area contributed by atoms with Crippen molar-refractivity contribution in [2.45, 2.75) is 32.4 Å². The molecule has 0 spiro atoms. The number of carbonyl (C=O) groups excluding carboxylic acids is 1. The fraction of sp³-hybridized carbons (Fsp3) is 0.889. The van der Waals surface area contributed by atoms with Crippen molar-refractivity contribution in [2.75, 3.05) is 19.8 Å². The lowest BCUT2D eigenvalue weighted by Gasteiger charge is -2.38. The molecule has 0 aromatic rings. The SMILES string of the molecule is CC1COCC(C)N1CC[C]=O. The van der Waals surface area contributed by atoms with Crippen molar-refractivity contribution in [3.05, 3.63) is 0 Å². The summed E-state index contributed by atoms with van der Waals surface area (Å²) in [7, 11) is 0. The molecule has 0 amide bonds. The Labute approximate surface area is 73.7 Å². The lowest BCUT2D eigenvalue weighted by molar-refractivity contribution is -0.0351. The van der Waals surface area contributed by atoms with E-state index in [1.165, 1.54) is 0 Å². The minimum atomic E-state index is 0.432. The predicted octanol–water partition coefficient (Wildman–Crippen LogP) is 0.595. The van der Waals surface area contributed by atoms with E-state index in [1.807, 2.05) is 6.29 Å². The summed E-state index contributed by atoms with van der Waals surface area (Å²) in [6.07, 6.45) is 2.43. The minimum absolute atomic E-state index is 0.432. The maximum atomic E-state index is 10.1. The molecule has 69 valence electrons. The summed E-state index contributed by atoms with van der Waals surface area (Å²) in [5, 5.41) is 0. The molecule has 0 bridgehead atoms. The Kier molecular flexibility index (Phi) is 3.69. The molecule has 2 atom stereocenters. The predicted molar refractivity (Wildman–Crippen MR) is 46.8 cm³/mol. The van der Waals surface area contributed by atoms with Crippen LogP contribution in [0.3, 0.4) is 0 Å². The zero-order chi connectivity index (χ0) is 8.97. The van der Waals surface area contributed by atoms with Crippen LogP contribution < -0.4 is 0 Å². The highest BCUT2D eigenvalue weighted by atomic mass is 16.5. The van der Waals surface area contributed by atoms with E-state index in [1.54, 1.807) is 0 Å². The van der Waals surface area contributed by atoms with Gasteiger partial charge in [0.25, 0.3) is 0 Å². The van der Waals surface area contributed by atoms with E-state index in [0.717, 1.165) is 19.8 Å². The number of hydrogen-bond donors (Lipinski definition) is 0. The fourth-order valence-electron chi connectivity index (χ4n) is 1.65. The number of morpholine rings is 1. The largest absolute Gasteiger partial charge is 0.378 e. The minimum Gasteiger partial charge on any atom is -0.378 e. The van der Waals surface area contributed by atoms with Crippen LogP contribution in [0.4, 0.5) is 0 Å². The first-order valence-electron chi connectivity index (χ1n) is 4.44. The first-order valence-corrected chi connectivity index (χ1v) is 4.44. The summed E-state index contributed by atoms with van der Waals surface area (Å²) in [6, 6.07) is 0.865. The summed E-state index contributed by atoms with van der Waals surface area (Å²) in [4.78, 5) is 12.4. The highest BCUT2D eigenvalue weighted by Crippen LogP contribution is 2.12. The normalized spacial score (nSPS) is 31.8. The van der Waals surface area contributed by atoms with Crippen molar-refractivity contribution >= 4 is 6.29 Å². The highest BCUT2D eigenvalue weighted by molar-refractivity contribution is 5.50. The topological polar surface area (TPSA) is 29.5 Å². The van der Waals surface area contributed by atoms with E-state index in [-0.39, 0.29) is 0 Å². The van der Waals surface area contributed by atoms with Gasteiger partial charge in [-0.3, -0.25) is 9.69 Å². The Morgan fingerprint density at radius 2 is 2.00 bits per heavy atom. The van der Waals surface area contributed by atoms with Gasteiger partial charge in [0.05, 0.1) is 13.2 Å². The van der Waals surface area contributed by atoms with Crippen molar-refractivity contribution < 1.29 is 9.53 Å². The molecule has 1 saturated heterocycles. The van der Waals surface area contributed by atoms with Gasteiger partial charge < -0.3 is 4.74 Å². The van der Waals surface area contributed by atoms with Crippen LogP contribution in [0, 0.1) is 0 Å². The van der Waals surface area contributed by atoms with Crippen LogP contribution in [0.15, 0.2) is 0 Å². The number of hydrogen-bond acceptors (Lipinski definition) is 3. The molecule has 1 aliphatic heterocycles. The molecular formula is C9H16NO2. The van der Waals surface area contributed by atoms with Gasteiger partial charge in [0.15, 0.2) is 6.29 Å². The molecule has 0 N–H and O–H groups in total. The van der Waals surface area contributed by atoms with E-state index < -0.39 is 0 Å². The average Bonchev–Trinajstić information content (AvgIpc) is 2.04. The summed E-state index contributed by atoms with van der Waals surface area (Å²) >= 11 is 0. The third-order valence-corrected chi connectivity index (χ3v) is 2.32. The average molecular weight is 170 g/mol. The van der Waals surface area contributed by atoms with Crippen molar-refractivity contribution in [3.63, 3.8) is 0 Å². The van der Waals surface area contributed by atoms with Crippen molar-refractivity contribution in [1.82, 2.24) is 4.90 Å². The first kappa shape index (κ1) is 9.68. The Hall–Kier alpha value is -0.410. The van der Waals surface area contributed by atoms with Gasteiger partial charge in [-0.1, -0.05) is 0 Å². The van der Waals surface area contributed by atoms with Crippen LogP contribution in [0.2, 0.25) is 0 Å². The molecule has 2 unspecified atom stereocenters. The van der Waals surface area contributed by atoms with Crippen molar-refractivity contribution in [2.24, 2.45) is 0 Å². The van der Waals surface area contributed by atoms with Crippen molar-refractivity contribution in [1.29, 1.82) is 0 Å². The maximum absolute atomic E-state index is 10.1. The molecule has 0 aromatic carbocycles. The van der Waals surface area contributed by atoms with Gasteiger partial charge in [-0.05, 0) is 13.8 Å². The summed E-state index contributed by atoms with van der Waals surface area (Å²) in [5.74, 6) is 0. The van der Waals surface area contributed by atoms with Crippen LogP contribution in [-0.2, 0) is 9.53 Å². The zero-order valence-electron chi connectivity index (χ0n) is 7.75. The van der Waals surface area contributed by atoms with Gasteiger partial charge >= 0.3 is 0 Å². The molecule has 3 nitrogen and oxygen atoms in total. The lowest BCUT2D eigenvalue weighted by atomic mass is 10.1.